The minimum Gasteiger partial charge on any atom is -0.455 e. The van der Waals surface area contributed by atoms with Crippen LogP contribution in [-0.4, -0.2) is 19.1 Å². The Morgan fingerprint density at radius 2 is 1.80 bits per heavy atom. The van der Waals surface area contributed by atoms with E-state index in [2.05, 4.69) is 26.7 Å². The molecule has 5 rings (SSSR count). The number of benzene rings is 2. The molecule has 0 spiro atoms. The molecular formula is C19H14N4O2. The van der Waals surface area contributed by atoms with Gasteiger partial charge >= 0.3 is 0 Å². The van der Waals surface area contributed by atoms with Crippen molar-refractivity contribution in [3.05, 3.63) is 85.6 Å². The molecule has 0 saturated heterocycles. The molecule has 0 fully saturated rings. The van der Waals surface area contributed by atoms with Gasteiger partial charge in [0, 0.05) is 29.3 Å². The van der Waals surface area contributed by atoms with Gasteiger partial charge in [0.2, 0.25) is 0 Å². The van der Waals surface area contributed by atoms with Gasteiger partial charge in [-0.15, -0.1) is 0 Å². The molecule has 2 aromatic carbocycles. The molecule has 6 nitrogen and oxygen atoms in total. The number of hydrogen-bond donors (Lipinski definition) is 0. The summed E-state index contributed by atoms with van der Waals surface area (Å²) in [5, 5.41) is 0. The van der Waals surface area contributed by atoms with E-state index in [0.717, 1.165) is 28.0 Å². The molecule has 0 radical (unpaired) electrons. The van der Waals surface area contributed by atoms with Gasteiger partial charge in [0.05, 0.1) is 17.4 Å². The zero-order chi connectivity index (χ0) is 16.6. The summed E-state index contributed by atoms with van der Waals surface area (Å²) in [6.07, 6.45) is 10.0. The Kier molecular flexibility index (Phi) is 3.06. The van der Waals surface area contributed by atoms with Gasteiger partial charge in [-0.1, -0.05) is 6.07 Å². The molecule has 25 heavy (non-hydrogen) atoms. The maximum atomic E-state index is 5.39. The molecule has 0 saturated carbocycles. The first-order chi connectivity index (χ1) is 12.4. The Labute approximate surface area is 143 Å². The van der Waals surface area contributed by atoms with Crippen molar-refractivity contribution >= 4 is 11.0 Å². The molecule has 0 N–H and O–H groups in total. The molecule has 122 valence electrons. The number of fused-ring (bicyclic) bond motifs is 1. The third-order valence-corrected chi connectivity index (χ3v) is 4.21. The number of aromatic nitrogens is 4. The number of imidazole rings is 2. The van der Waals surface area contributed by atoms with Gasteiger partial charge in [0.1, 0.15) is 18.9 Å². The van der Waals surface area contributed by atoms with Gasteiger partial charge in [-0.25, -0.2) is 9.97 Å². The van der Waals surface area contributed by atoms with Crippen molar-refractivity contribution in [3.63, 3.8) is 0 Å². The fourth-order valence-corrected chi connectivity index (χ4v) is 2.99. The van der Waals surface area contributed by atoms with Crippen molar-refractivity contribution in [1.29, 1.82) is 0 Å². The summed E-state index contributed by atoms with van der Waals surface area (Å²) in [5.41, 5.74) is 4.95. The Bertz CT molecular complexity index is 1060. The van der Waals surface area contributed by atoms with Crippen LogP contribution in [0.25, 0.3) is 22.4 Å². The summed E-state index contributed by atoms with van der Waals surface area (Å²) in [6.45, 7) is 0. The highest BCUT2D eigenvalue weighted by atomic mass is 16.7. The number of hydrogen-bond acceptors (Lipinski definition) is 4. The van der Waals surface area contributed by atoms with Gasteiger partial charge in [-0.3, -0.25) is 4.57 Å². The van der Waals surface area contributed by atoms with E-state index in [0.29, 0.717) is 0 Å². The second kappa shape index (κ2) is 5.52. The molecule has 2 aromatic heterocycles. The first-order valence-corrected chi connectivity index (χ1v) is 7.90. The van der Waals surface area contributed by atoms with E-state index in [-0.39, 0.29) is 6.29 Å². The van der Waals surface area contributed by atoms with Crippen LogP contribution in [0.4, 0.5) is 0 Å². The van der Waals surface area contributed by atoms with Gasteiger partial charge in [-0.05, 0) is 36.4 Å². The molecule has 4 aromatic rings. The maximum Gasteiger partial charge on any atom is 0.266 e. The zero-order valence-corrected chi connectivity index (χ0v) is 13.2. The Hall–Kier alpha value is -3.54. The Morgan fingerprint density at radius 1 is 0.920 bits per heavy atom. The predicted octanol–water partition coefficient (Wildman–Crippen LogP) is 3.73. The number of nitrogens with zero attached hydrogens (tertiary/aromatic N) is 4. The highest BCUT2D eigenvalue weighted by Gasteiger charge is 2.17. The average Bonchev–Trinajstić information content (AvgIpc) is 3.42. The number of ether oxygens (including phenoxy) is 2. The van der Waals surface area contributed by atoms with Crippen LogP contribution in [0.3, 0.4) is 0 Å². The third kappa shape index (κ3) is 2.35. The zero-order valence-electron chi connectivity index (χ0n) is 13.2. The van der Waals surface area contributed by atoms with Gasteiger partial charge < -0.3 is 14.0 Å². The van der Waals surface area contributed by atoms with Crippen LogP contribution in [-0.2, 0) is 9.47 Å². The quantitative estimate of drug-likeness (QED) is 0.574. The van der Waals surface area contributed by atoms with Gasteiger partial charge in [-0.2, -0.15) is 0 Å². The lowest BCUT2D eigenvalue weighted by molar-refractivity contribution is -0.0245. The smallest absolute Gasteiger partial charge is 0.266 e. The minimum atomic E-state index is -0.390. The fourth-order valence-electron chi connectivity index (χ4n) is 2.99. The molecule has 3 heterocycles. The second-order valence-corrected chi connectivity index (χ2v) is 5.73. The summed E-state index contributed by atoms with van der Waals surface area (Å²) < 4.78 is 14.8. The van der Waals surface area contributed by atoms with Crippen molar-refractivity contribution in [3.8, 4) is 11.4 Å². The molecule has 0 aliphatic carbocycles. The third-order valence-electron chi connectivity index (χ3n) is 4.21. The monoisotopic (exact) mass is 330 g/mol. The molecule has 1 aliphatic heterocycles. The van der Waals surface area contributed by atoms with Crippen molar-refractivity contribution in [2.45, 2.75) is 6.29 Å². The van der Waals surface area contributed by atoms with Crippen LogP contribution in [0.2, 0.25) is 0 Å². The van der Waals surface area contributed by atoms with Gasteiger partial charge in [0.15, 0.2) is 0 Å². The summed E-state index contributed by atoms with van der Waals surface area (Å²) in [6, 6.07) is 14.3. The topological polar surface area (TPSA) is 54.1 Å². The predicted molar refractivity (Wildman–Crippen MR) is 92.2 cm³/mol. The molecule has 1 aliphatic rings. The van der Waals surface area contributed by atoms with Crippen LogP contribution >= 0.6 is 0 Å². The summed E-state index contributed by atoms with van der Waals surface area (Å²) in [5.74, 6) is 0. The highest BCUT2D eigenvalue weighted by molar-refractivity contribution is 5.78. The van der Waals surface area contributed by atoms with E-state index >= 15 is 0 Å². The molecular weight excluding hydrogens is 316 g/mol. The van der Waals surface area contributed by atoms with Crippen molar-refractivity contribution < 1.29 is 9.47 Å². The normalized spacial score (nSPS) is 13.9. The van der Waals surface area contributed by atoms with E-state index in [1.165, 1.54) is 0 Å². The number of rotatable bonds is 3. The van der Waals surface area contributed by atoms with Gasteiger partial charge in [0.25, 0.3) is 6.29 Å². The Balaban J connectivity index is 1.56. The maximum absolute atomic E-state index is 5.39. The van der Waals surface area contributed by atoms with Crippen LogP contribution in [0.1, 0.15) is 11.9 Å². The summed E-state index contributed by atoms with van der Waals surface area (Å²) in [7, 11) is 0. The fraction of sp³-hybridized carbons (Fsp3) is 0.0526. The molecule has 0 atom stereocenters. The standard InChI is InChI=1S/C19H14N4O2/c1-2-15(22-7-6-20-12-22)11-16(3-1)23-13-21-17-10-14(4-5-18(17)23)19-24-8-9-25-19/h1-13,19H. The van der Waals surface area contributed by atoms with E-state index in [9.17, 15) is 0 Å². The van der Waals surface area contributed by atoms with Crippen LogP contribution in [0.5, 0.6) is 0 Å². The van der Waals surface area contributed by atoms with Crippen molar-refractivity contribution in [2.75, 3.05) is 0 Å². The molecule has 0 unspecified atom stereocenters. The summed E-state index contributed by atoms with van der Waals surface area (Å²) in [4.78, 5) is 8.64. The minimum absolute atomic E-state index is 0.390. The second-order valence-electron chi connectivity index (χ2n) is 5.73. The highest BCUT2D eigenvalue weighted by Crippen LogP contribution is 2.28. The Morgan fingerprint density at radius 3 is 2.64 bits per heavy atom. The van der Waals surface area contributed by atoms with Crippen LogP contribution in [0, 0.1) is 0 Å². The van der Waals surface area contributed by atoms with E-state index in [1.54, 1.807) is 25.0 Å². The van der Waals surface area contributed by atoms with Crippen molar-refractivity contribution in [1.82, 2.24) is 19.1 Å². The van der Waals surface area contributed by atoms with E-state index in [1.807, 2.05) is 47.4 Å². The molecule has 6 heteroatoms. The van der Waals surface area contributed by atoms with E-state index in [4.69, 9.17) is 9.47 Å². The lowest BCUT2D eigenvalue weighted by Gasteiger charge is -2.11. The van der Waals surface area contributed by atoms with Crippen molar-refractivity contribution in [2.24, 2.45) is 0 Å². The molecule has 0 amide bonds. The largest absolute Gasteiger partial charge is 0.455 e. The molecule has 0 bridgehead atoms. The van der Waals surface area contributed by atoms with E-state index < -0.39 is 0 Å². The summed E-state index contributed by atoms with van der Waals surface area (Å²) >= 11 is 0. The SMILES string of the molecule is C1=COC(c2ccc3c(c2)ncn3-c2cccc(-n3ccnc3)c2)O1. The van der Waals surface area contributed by atoms with Crippen LogP contribution < -0.4 is 0 Å². The lowest BCUT2D eigenvalue weighted by atomic mass is 10.2. The first kappa shape index (κ1) is 13.9. The first-order valence-electron chi connectivity index (χ1n) is 7.90. The van der Waals surface area contributed by atoms with Crippen LogP contribution in [0.15, 0.2) is 80.0 Å². The average molecular weight is 330 g/mol. The lowest BCUT2D eigenvalue weighted by Crippen LogP contribution is -1.98.